The van der Waals surface area contributed by atoms with Crippen molar-refractivity contribution in [3.8, 4) is 36.5 Å². The van der Waals surface area contributed by atoms with Crippen molar-refractivity contribution in [1.29, 1.82) is 0 Å². The summed E-state index contributed by atoms with van der Waals surface area (Å²) in [5.74, 6) is 7.85. The van der Waals surface area contributed by atoms with Crippen molar-refractivity contribution in [3.05, 3.63) is 39.6 Å². The summed E-state index contributed by atoms with van der Waals surface area (Å²) in [6.45, 7) is -0.468. The minimum absolute atomic E-state index is 0.220. The number of alkyl halides is 6. The molecule has 152 valence electrons. The maximum atomic E-state index is 13.1. The first-order valence-electron chi connectivity index (χ1n) is 7.46. The first kappa shape index (κ1) is 22.4. The Labute approximate surface area is 164 Å². The van der Waals surface area contributed by atoms with Gasteiger partial charge in [0, 0.05) is 17.1 Å². The second-order valence-electron chi connectivity index (χ2n) is 5.55. The zero-order valence-corrected chi connectivity index (χ0v) is 15.0. The number of halogens is 6. The van der Waals surface area contributed by atoms with Crippen molar-refractivity contribution in [1.82, 2.24) is 9.55 Å². The lowest BCUT2D eigenvalue weighted by Gasteiger charge is -2.13. The normalized spacial score (nSPS) is 14.8. The SMILES string of the molecule is C#CCn1cc(C(O)(C#C)C#CC(O)c2csc(C(F)(F)F)n2)cc1C(F)(F)F. The molecule has 2 heterocycles. The molecule has 2 unspecified atom stereocenters. The molecule has 2 aromatic heterocycles. The third kappa shape index (κ3) is 4.93. The minimum Gasteiger partial charge on any atom is -0.374 e. The van der Waals surface area contributed by atoms with Gasteiger partial charge in [-0.2, -0.15) is 26.3 Å². The van der Waals surface area contributed by atoms with Crippen LogP contribution in [0.15, 0.2) is 17.6 Å². The van der Waals surface area contributed by atoms with E-state index in [0.29, 0.717) is 10.6 Å². The molecule has 0 spiro atoms. The van der Waals surface area contributed by atoms with Gasteiger partial charge in [0.05, 0.1) is 12.2 Å². The molecule has 0 saturated heterocycles. The number of thiazole rings is 1. The molecule has 0 radical (unpaired) electrons. The van der Waals surface area contributed by atoms with Crippen LogP contribution >= 0.6 is 11.3 Å². The van der Waals surface area contributed by atoms with E-state index in [0.717, 1.165) is 11.6 Å². The summed E-state index contributed by atoms with van der Waals surface area (Å²) in [5, 5.41) is 20.0. The minimum atomic E-state index is -4.80. The first-order valence-corrected chi connectivity index (χ1v) is 8.34. The van der Waals surface area contributed by atoms with E-state index in [1.807, 2.05) is 17.8 Å². The number of aliphatic hydroxyl groups excluding tert-OH is 1. The second-order valence-corrected chi connectivity index (χ2v) is 6.40. The molecule has 0 bridgehead atoms. The highest BCUT2D eigenvalue weighted by Crippen LogP contribution is 2.34. The Hall–Kier alpha value is -2.91. The molecule has 0 fully saturated rings. The van der Waals surface area contributed by atoms with Crippen LogP contribution in [0.25, 0.3) is 0 Å². The van der Waals surface area contributed by atoms with Crippen molar-refractivity contribution in [3.63, 3.8) is 0 Å². The molecule has 0 aliphatic carbocycles. The predicted molar refractivity (Wildman–Crippen MR) is 90.8 cm³/mol. The van der Waals surface area contributed by atoms with Crippen LogP contribution in [-0.4, -0.2) is 19.8 Å². The molecule has 0 aliphatic rings. The monoisotopic (exact) mass is 432 g/mol. The molecule has 0 aliphatic heterocycles. The van der Waals surface area contributed by atoms with Crippen molar-refractivity contribution in [2.75, 3.05) is 0 Å². The van der Waals surface area contributed by atoms with E-state index in [2.05, 4.69) is 4.98 Å². The van der Waals surface area contributed by atoms with Crippen molar-refractivity contribution < 1.29 is 36.6 Å². The predicted octanol–water partition coefficient (Wildman–Crippen LogP) is 3.17. The van der Waals surface area contributed by atoms with Crippen LogP contribution in [-0.2, 0) is 24.5 Å². The van der Waals surface area contributed by atoms with Gasteiger partial charge >= 0.3 is 12.4 Å². The fourth-order valence-electron chi connectivity index (χ4n) is 2.16. The fraction of sp³-hybridized carbons (Fsp3) is 0.278. The summed E-state index contributed by atoms with van der Waals surface area (Å²) in [5.41, 5.74) is -4.65. The van der Waals surface area contributed by atoms with Gasteiger partial charge in [0.25, 0.3) is 0 Å². The van der Waals surface area contributed by atoms with E-state index in [-0.39, 0.29) is 11.3 Å². The summed E-state index contributed by atoms with van der Waals surface area (Å²) in [6.07, 6.45) is -0.306. The average molecular weight is 432 g/mol. The Morgan fingerprint density at radius 3 is 2.31 bits per heavy atom. The topological polar surface area (TPSA) is 58.3 Å². The standard InChI is InChI=1S/C18H10F6N2O2S/c1-3-7-26-9-11(8-14(26)17(19,20)21)16(28,4-2)6-5-13(27)12-10-29-15(25-12)18(22,23)24/h1-2,8-10,13,27-28H,7H2. The van der Waals surface area contributed by atoms with Gasteiger partial charge in [0.15, 0.2) is 11.1 Å². The Morgan fingerprint density at radius 2 is 1.83 bits per heavy atom. The van der Waals surface area contributed by atoms with Crippen LogP contribution < -0.4 is 0 Å². The number of hydrogen-bond acceptors (Lipinski definition) is 4. The highest BCUT2D eigenvalue weighted by Gasteiger charge is 2.38. The molecule has 2 rings (SSSR count). The largest absolute Gasteiger partial charge is 0.443 e. The van der Waals surface area contributed by atoms with Crippen LogP contribution in [0.1, 0.15) is 28.1 Å². The molecule has 0 aromatic carbocycles. The Morgan fingerprint density at radius 1 is 1.17 bits per heavy atom. The van der Waals surface area contributed by atoms with E-state index in [4.69, 9.17) is 12.8 Å². The molecule has 2 N–H and O–H groups in total. The van der Waals surface area contributed by atoms with Gasteiger partial charge in [-0.25, -0.2) is 4.98 Å². The van der Waals surface area contributed by atoms with Gasteiger partial charge in [-0.3, -0.25) is 0 Å². The number of rotatable bonds is 3. The zero-order valence-electron chi connectivity index (χ0n) is 14.1. The number of hydrogen-bond donors (Lipinski definition) is 2. The lowest BCUT2D eigenvalue weighted by Crippen LogP contribution is -2.20. The van der Waals surface area contributed by atoms with Crippen molar-refractivity contribution >= 4 is 11.3 Å². The molecular weight excluding hydrogens is 422 g/mol. The molecule has 0 saturated carbocycles. The van der Waals surface area contributed by atoms with Crippen LogP contribution in [0.4, 0.5) is 26.3 Å². The van der Waals surface area contributed by atoms with Crippen LogP contribution in [0.2, 0.25) is 0 Å². The summed E-state index contributed by atoms with van der Waals surface area (Å²) < 4.78 is 77.7. The lowest BCUT2D eigenvalue weighted by molar-refractivity contribution is -0.143. The van der Waals surface area contributed by atoms with Crippen molar-refractivity contribution in [2.45, 2.75) is 30.6 Å². The molecule has 2 aromatic rings. The number of aromatic nitrogens is 2. The van der Waals surface area contributed by atoms with E-state index in [1.165, 1.54) is 0 Å². The van der Waals surface area contributed by atoms with Gasteiger partial charge in [-0.1, -0.05) is 17.8 Å². The third-order valence-electron chi connectivity index (χ3n) is 3.51. The van der Waals surface area contributed by atoms with Gasteiger partial charge in [0.1, 0.15) is 5.69 Å². The first-order chi connectivity index (χ1) is 13.3. The molecule has 2 atom stereocenters. The van der Waals surface area contributed by atoms with E-state index in [9.17, 15) is 36.6 Å². The Bertz CT molecular complexity index is 1040. The maximum Gasteiger partial charge on any atom is 0.443 e. The number of aliphatic hydroxyl groups is 2. The third-order valence-corrected chi connectivity index (χ3v) is 4.42. The molecule has 29 heavy (non-hydrogen) atoms. The highest BCUT2D eigenvalue weighted by atomic mass is 32.1. The lowest BCUT2D eigenvalue weighted by atomic mass is 9.97. The van der Waals surface area contributed by atoms with Gasteiger partial charge in [-0.15, -0.1) is 24.2 Å². The second kappa shape index (κ2) is 7.84. The maximum absolute atomic E-state index is 13.1. The van der Waals surface area contributed by atoms with Gasteiger partial charge in [-0.05, 0) is 12.0 Å². The van der Waals surface area contributed by atoms with E-state index >= 15 is 0 Å². The van der Waals surface area contributed by atoms with Crippen LogP contribution in [0.3, 0.4) is 0 Å². The quantitative estimate of drug-likeness (QED) is 0.579. The van der Waals surface area contributed by atoms with E-state index in [1.54, 1.807) is 5.92 Å². The van der Waals surface area contributed by atoms with Gasteiger partial charge in [0.2, 0.25) is 5.60 Å². The molecule has 4 nitrogen and oxygen atoms in total. The summed E-state index contributed by atoms with van der Waals surface area (Å²) in [4.78, 5) is 3.19. The zero-order chi connectivity index (χ0) is 22.0. The highest BCUT2D eigenvalue weighted by molar-refractivity contribution is 7.09. The fourth-order valence-corrected chi connectivity index (χ4v) is 2.86. The Balaban J connectivity index is 2.40. The molecular formula is C18H10F6N2O2S. The summed E-state index contributed by atoms with van der Waals surface area (Å²) in [7, 11) is 0. The molecule has 0 amide bonds. The van der Waals surface area contributed by atoms with Crippen LogP contribution in [0, 0.1) is 36.5 Å². The summed E-state index contributed by atoms with van der Waals surface area (Å²) in [6, 6.07) is 0.545. The number of terminal acetylenes is 2. The smallest absolute Gasteiger partial charge is 0.374 e. The summed E-state index contributed by atoms with van der Waals surface area (Å²) >= 11 is 0.220. The average Bonchev–Trinajstić information content (AvgIpc) is 3.26. The van der Waals surface area contributed by atoms with Crippen LogP contribution in [0.5, 0.6) is 0 Å². The van der Waals surface area contributed by atoms with E-state index < -0.39 is 52.6 Å². The van der Waals surface area contributed by atoms with Gasteiger partial charge < -0.3 is 14.8 Å². The number of nitrogens with zero attached hydrogens (tertiary/aromatic N) is 2. The van der Waals surface area contributed by atoms with Crippen molar-refractivity contribution in [2.24, 2.45) is 0 Å². The molecule has 11 heteroatoms. The Kier molecular flexibility index (Phi) is 6.05.